The molecule has 0 aliphatic rings. The van der Waals surface area contributed by atoms with Crippen LogP contribution in [0.3, 0.4) is 0 Å². The number of unbranched alkanes of at least 4 members (excludes halogenated alkanes) is 28. The third-order valence-electron chi connectivity index (χ3n) is 9.52. The molecule has 0 bridgehead atoms. The summed E-state index contributed by atoms with van der Waals surface area (Å²) in [4.78, 5) is 2.71. The molecule has 0 saturated carbocycles. The van der Waals surface area contributed by atoms with E-state index < -0.39 is 0 Å². The van der Waals surface area contributed by atoms with Crippen molar-refractivity contribution in [1.29, 1.82) is 0 Å². The smallest absolute Gasteiger partial charge is 0.0395 e. The van der Waals surface area contributed by atoms with E-state index in [2.05, 4.69) is 49.9 Å². The van der Waals surface area contributed by atoms with Gasteiger partial charge in [0.2, 0.25) is 0 Å². The summed E-state index contributed by atoms with van der Waals surface area (Å²) in [6, 6.07) is 9.07. The van der Waals surface area contributed by atoms with Gasteiger partial charge in [-0.15, -0.1) is 0 Å². The molecule has 246 valence electrons. The van der Waals surface area contributed by atoms with Gasteiger partial charge >= 0.3 is 0 Å². The summed E-state index contributed by atoms with van der Waals surface area (Å²) in [6.45, 7) is 9.38. The largest absolute Gasteiger partial charge is 0.371 e. The van der Waals surface area contributed by atoms with Gasteiger partial charge in [0.25, 0.3) is 0 Å². The fraction of sp³-hybridized carbons (Fsp3) is 0.854. The molecule has 0 aliphatic heterocycles. The number of para-hydroxylation sites is 1. The molecule has 0 amide bonds. The lowest BCUT2D eigenvalue weighted by atomic mass is 10.0. The van der Waals surface area contributed by atoms with Crippen LogP contribution in [0, 0.1) is 6.92 Å². The van der Waals surface area contributed by atoms with Crippen LogP contribution >= 0.6 is 0 Å². The predicted molar refractivity (Wildman–Crippen MR) is 193 cm³/mol. The second kappa shape index (κ2) is 31.4. The van der Waals surface area contributed by atoms with E-state index in [0.29, 0.717) is 0 Å². The summed E-state index contributed by atoms with van der Waals surface area (Å²) in [7, 11) is 0. The van der Waals surface area contributed by atoms with Crippen molar-refractivity contribution >= 4 is 5.69 Å². The van der Waals surface area contributed by atoms with Gasteiger partial charge in [0, 0.05) is 18.8 Å². The fourth-order valence-corrected chi connectivity index (χ4v) is 6.62. The molecular formula is C41H77N. The highest BCUT2D eigenvalue weighted by molar-refractivity contribution is 5.52. The molecule has 1 heteroatoms. The molecule has 0 aromatic heterocycles. The van der Waals surface area contributed by atoms with Crippen LogP contribution in [0.4, 0.5) is 5.69 Å². The third kappa shape index (κ3) is 24.5. The monoisotopic (exact) mass is 584 g/mol. The maximum atomic E-state index is 2.71. The van der Waals surface area contributed by atoms with Gasteiger partial charge in [-0.25, -0.2) is 0 Å². The Kier molecular flexibility index (Phi) is 29.2. The Morgan fingerprint density at radius 2 is 0.619 bits per heavy atom. The fourth-order valence-electron chi connectivity index (χ4n) is 6.62. The summed E-state index contributed by atoms with van der Waals surface area (Å²) >= 11 is 0. The number of nitrogens with zero attached hydrogens (tertiary/aromatic N) is 1. The highest BCUT2D eigenvalue weighted by Crippen LogP contribution is 2.22. The van der Waals surface area contributed by atoms with Crippen LogP contribution in [-0.2, 0) is 0 Å². The summed E-state index contributed by atoms with van der Waals surface area (Å²) in [5.74, 6) is 0. The van der Waals surface area contributed by atoms with Crippen molar-refractivity contribution in [3.8, 4) is 0 Å². The predicted octanol–water partition coefficient (Wildman–Crippen LogP) is 14.5. The zero-order chi connectivity index (χ0) is 30.2. The quantitative estimate of drug-likeness (QED) is 0.0744. The Morgan fingerprint density at radius 3 is 0.905 bits per heavy atom. The standard InChI is InChI=1S/C41H77N/c1-4-6-8-10-12-14-16-18-20-22-24-26-28-30-34-38-42(41-37-33-32-36-40(41)3)39-35-31-29-27-25-23-21-19-17-15-13-11-9-7-5-2/h32-33,36-37H,4-31,34-35,38-39H2,1-3H3. The summed E-state index contributed by atoms with van der Waals surface area (Å²) < 4.78 is 0. The number of hydrogen-bond acceptors (Lipinski definition) is 1. The molecule has 0 spiro atoms. The van der Waals surface area contributed by atoms with Crippen molar-refractivity contribution in [2.75, 3.05) is 18.0 Å². The third-order valence-corrected chi connectivity index (χ3v) is 9.52. The van der Waals surface area contributed by atoms with Crippen molar-refractivity contribution in [2.24, 2.45) is 0 Å². The Labute approximate surface area is 266 Å². The molecule has 0 saturated heterocycles. The molecule has 0 radical (unpaired) electrons. The molecule has 1 aromatic rings. The Balaban J connectivity index is 2.04. The number of anilines is 1. The van der Waals surface area contributed by atoms with E-state index in [4.69, 9.17) is 0 Å². The van der Waals surface area contributed by atoms with Gasteiger partial charge in [-0.3, -0.25) is 0 Å². The number of aryl methyl sites for hydroxylation is 1. The minimum atomic E-state index is 1.24. The first-order valence-corrected chi connectivity index (χ1v) is 19.6. The number of rotatable bonds is 33. The molecule has 1 nitrogen and oxygen atoms in total. The van der Waals surface area contributed by atoms with Crippen LogP contribution in [-0.4, -0.2) is 13.1 Å². The van der Waals surface area contributed by atoms with E-state index in [-0.39, 0.29) is 0 Å². The molecule has 1 aromatic carbocycles. The van der Waals surface area contributed by atoms with Crippen LogP contribution in [0.25, 0.3) is 0 Å². The van der Waals surface area contributed by atoms with Crippen LogP contribution in [0.1, 0.15) is 212 Å². The first kappa shape index (κ1) is 39.0. The second-order valence-corrected chi connectivity index (χ2v) is 13.7. The molecule has 0 atom stereocenters. The van der Waals surface area contributed by atoms with E-state index in [1.54, 1.807) is 0 Å². The lowest BCUT2D eigenvalue weighted by Crippen LogP contribution is -2.26. The van der Waals surface area contributed by atoms with Gasteiger partial charge in [-0.1, -0.05) is 212 Å². The molecule has 0 fully saturated rings. The van der Waals surface area contributed by atoms with Crippen LogP contribution in [0.2, 0.25) is 0 Å². The molecule has 0 heterocycles. The Hall–Kier alpha value is -0.980. The van der Waals surface area contributed by atoms with Crippen molar-refractivity contribution < 1.29 is 0 Å². The van der Waals surface area contributed by atoms with Gasteiger partial charge in [0.15, 0.2) is 0 Å². The summed E-state index contributed by atoms with van der Waals surface area (Å²) in [5.41, 5.74) is 2.92. The Morgan fingerprint density at radius 1 is 0.357 bits per heavy atom. The molecule has 1 rings (SSSR count). The van der Waals surface area contributed by atoms with Crippen molar-refractivity contribution in [2.45, 2.75) is 213 Å². The van der Waals surface area contributed by atoms with Gasteiger partial charge in [-0.2, -0.15) is 0 Å². The molecular weight excluding hydrogens is 506 g/mol. The SMILES string of the molecule is CCCCCCCCCCCCCCCCCN(CCCCCCCCCCCCCCCCC)c1ccccc1C. The van der Waals surface area contributed by atoms with Crippen molar-refractivity contribution in [3.05, 3.63) is 29.8 Å². The maximum Gasteiger partial charge on any atom is 0.0395 e. The average molecular weight is 584 g/mol. The lowest BCUT2D eigenvalue weighted by Gasteiger charge is -2.26. The molecule has 0 aliphatic carbocycles. The zero-order valence-corrected chi connectivity index (χ0v) is 29.4. The van der Waals surface area contributed by atoms with E-state index in [9.17, 15) is 0 Å². The topological polar surface area (TPSA) is 3.24 Å². The Bertz CT molecular complexity index is 618. The van der Waals surface area contributed by atoms with Crippen LogP contribution in [0.5, 0.6) is 0 Å². The zero-order valence-electron chi connectivity index (χ0n) is 29.4. The minimum Gasteiger partial charge on any atom is -0.371 e. The van der Waals surface area contributed by atoms with Crippen LogP contribution in [0.15, 0.2) is 24.3 Å². The highest BCUT2D eigenvalue weighted by atomic mass is 15.1. The average Bonchev–Trinajstić information content (AvgIpc) is 3.00. The van der Waals surface area contributed by atoms with Gasteiger partial charge < -0.3 is 4.90 Å². The summed E-state index contributed by atoms with van der Waals surface area (Å²) in [6.07, 6.45) is 43.2. The number of benzene rings is 1. The van der Waals surface area contributed by atoms with E-state index in [0.717, 1.165) is 0 Å². The normalized spacial score (nSPS) is 11.4. The van der Waals surface area contributed by atoms with Crippen molar-refractivity contribution in [3.63, 3.8) is 0 Å². The van der Waals surface area contributed by atoms with E-state index >= 15 is 0 Å². The number of hydrogen-bond donors (Lipinski definition) is 0. The first-order chi connectivity index (χ1) is 20.8. The molecule has 42 heavy (non-hydrogen) atoms. The van der Waals surface area contributed by atoms with Crippen molar-refractivity contribution in [1.82, 2.24) is 0 Å². The highest BCUT2D eigenvalue weighted by Gasteiger charge is 2.08. The summed E-state index contributed by atoms with van der Waals surface area (Å²) in [5, 5.41) is 0. The first-order valence-electron chi connectivity index (χ1n) is 19.6. The lowest BCUT2D eigenvalue weighted by molar-refractivity contribution is 0.526. The van der Waals surface area contributed by atoms with Crippen LogP contribution < -0.4 is 4.90 Å². The van der Waals surface area contributed by atoms with E-state index in [1.165, 1.54) is 217 Å². The van der Waals surface area contributed by atoms with Gasteiger partial charge in [0.1, 0.15) is 0 Å². The maximum absolute atomic E-state index is 2.71. The van der Waals surface area contributed by atoms with E-state index in [1.807, 2.05) is 0 Å². The van der Waals surface area contributed by atoms with Gasteiger partial charge in [-0.05, 0) is 31.4 Å². The molecule has 0 N–H and O–H groups in total. The minimum absolute atomic E-state index is 1.24. The second-order valence-electron chi connectivity index (χ2n) is 13.7. The molecule has 0 unspecified atom stereocenters. The van der Waals surface area contributed by atoms with Gasteiger partial charge in [0.05, 0.1) is 0 Å².